The lowest BCUT2D eigenvalue weighted by molar-refractivity contribution is 0.0342. The van der Waals surface area contributed by atoms with Crippen molar-refractivity contribution in [2.24, 2.45) is 0 Å². The van der Waals surface area contributed by atoms with Crippen molar-refractivity contribution in [1.82, 2.24) is 4.90 Å². The Labute approximate surface area is 168 Å². The molecule has 1 aliphatic heterocycles. The number of amides is 1. The average molecular weight is 386 g/mol. The zero-order valence-electron chi connectivity index (χ0n) is 16.1. The molecule has 2 heterocycles. The number of nitrogens with zero attached hydrogens (tertiary/aromatic N) is 1. The summed E-state index contributed by atoms with van der Waals surface area (Å²) in [5, 5.41) is 5.10. The summed E-state index contributed by atoms with van der Waals surface area (Å²) in [4.78, 5) is 15.0. The van der Waals surface area contributed by atoms with E-state index in [0.29, 0.717) is 5.56 Å². The lowest BCUT2D eigenvalue weighted by Gasteiger charge is -2.26. The van der Waals surface area contributed by atoms with Crippen molar-refractivity contribution in [1.29, 1.82) is 0 Å². The third kappa shape index (κ3) is 3.75. The van der Waals surface area contributed by atoms with Gasteiger partial charge in [0.15, 0.2) is 0 Å². The summed E-state index contributed by atoms with van der Waals surface area (Å²) >= 11 is 0. The number of para-hydroxylation sites is 1. The molecule has 4 aromatic rings. The maximum absolute atomic E-state index is 12.7. The number of nitrogens with one attached hydrogen (secondary N) is 1. The lowest BCUT2D eigenvalue weighted by Crippen LogP contribution is -2.35. The molecule has 0 aliphatic carbocycles. The minimum atomic E-state index is -0.126. The minimum Gasteiger partial charge on any atom is -0.456 e. The van der Waals surface area contributed by atoms with Gasteiger partial charge in [-0.1, -0.05) is 30.3 Å². The van der Waals surface area contributed by atoms with E-state index >= 15 is 0 Å². The van der Waals surface area contributed by atoms with Gasteiger partial charge in [0.2, 0.25) is 0 Å². The Morgan fingerprint density at radius 2 is 1.66 bits per heavy atom. The summed E-state index contributed by atoms with van der Waals surface area (Å²) in [6.07, 6.45) is 0. The number of carbonyl (C=O) groups excluding carboxylic acids is 1. The van der Waals surface area contributed by atoms with Crippen LogP contribution in [0.15, 0.2) is 71.1 Å². The number of ether oxygens (including phenoxy) is 1. The van der Waals surface area contributed by atoms with Gasteiger partial charge in [-0.05, 0) is 35.9 Å². The Morgan fingerprint density at radius 1 is 0.897 bits per heavy atom. The molecule has 1 saturated heterocycles. The number of anilines is 1. The maximum atomic E-state index is 12.7. The molecule has 29 heavy (non-hydrogen) atoms. The maximum Gasteiger partial charge on any atom is 0.255 e. The normalized spacial score (nSPS) is 15.0. The molecule has 1 aromatic heterocycles. The quantitative estimate of drug-likeness (QED) is 0.554. The van der Waals surface area contributed by atoms with Gasteiger partial charge >= 0.3 is 0 Å². The molecule has 0 spiro atoms. The highest BCUT2D eigenvalue weighted by molar-refractivity contribution is 6.08. The second kappa shape index (κ2) is 7.70. The molecule has 0 bridgehead atoms. The number of hydrogen-bond donors (Lipinski definition) is 1. The van der Waals surface area contributed by atoms with Crippen molar-refractivity contribution < 1.29 is 13.9 Å². The van der Waals surface area contributed by atoms with E-state index in [-0.39, 0.29) is 5.91 Å². The molecule has 5 heteroatoms. The number of morpholine rings is 1. The van der Waals surface area contributed by atoms with Crippen molar-refractivity contribution in [3.8, 4) is 0 Å². The molecular weight excluding hydrogens is 364 g/mol. The summed E-state index contributed by atoms with van der Waals surface area (Å²) < 4.78 is 11.3. The van der Waals surface area contributed by atoms with Crippen molar-refractivity contribution in [2.75, 3.05) is 31.6 Å². The Kier molecular flexibility index (Phi) is 4.76. The zero-order valence-corrected chi connectivity index (χ0v) is 16.1. The molecule has 0 unspecified atom stereocenters. The Balaban J connectivity index is 1.30. The van der Waals surface area contributed by atoms with Crippen LogP contribution in [0.1, 0.15) is 15.9 Å². The summed E-state index contributed by atoms with van der Waals surface area (Å²) in [5.74, 6) is -0.126. The van der Waals surface area contributed by atoms with Gasteiger partial charge in [0.05, 0.1) is 13.2 Å². The SMILES string of the molecule is O=C(Nc1ccc2c(c1)oc1ccccc12)c1ccc(CN2CCOCC2)cc1. The first kappa shape index (κ1) is 17.9. The van der Waals surface area contributed by atoms with Crippen LogP contribution in [0.25, 0.3) is 21.9 Å². The van der Waals surface area contributed by atoms with Crippen LogP contribution in [-0.4, -0.2) is 37.1 Å². The van der Waals surface area contributed by atoms with Gasteiger partial charge in [-0.15, -0.1) is 0 Å². The van der Waals surface area contributed by atoms with E-state index in [1.807, 2.05) is 66.7 Å². The van der Waals surface area contributed by atoms with Gasteiger partial charge in [0.25, 0.3) is 5.91 Å². The number of rotatable bonds is 4. The van der Waals surface area contributed by atoms with Crippen LogP contribution >= 0.6 is 0 Å². The molecule has 5 nitrogen and oxygen atoms in total. The monoisotopic (exact) mass is 386 g/mol. The smallest absolute Gasteiger partial charge is 0.255 e. The number of furan rings is 1. The van der Waals surface area contributed by atoms with E-state index < -0.39 is 0 Å². The number of hydrogen-bond acceptors (Lipinski definition) is 4. The van der Waals surface area contributed by atoms with Gasteiger partial charge in [0, 0.05) is 47.7 Å². The summed E-state index contributed by atoms with van der Waals surface area (Å²) in [6, 6.07) is 21.5. The van der Waals surface area contributed by atoms with Crippen LogP contribution in [-0.2, 0) is 11.3 Å². The lowest BCUT2D eigenvalue weighted by atomic mass is 10.1. The summed E-state index contributed by atoms with van der Waals surface area (Å²) in [6.45, 7) is 4.36. The minimum absolute atomic E-state index is 0.126. The number of fused-ring (bicyclic) bond motifs is 3. The second-order valence-electron chi connectivity index (χ2n) is 7.35. The van der Waals surface area contributed by atoms with Crippen molar-refractivity contribution in [3.05, 3.63) is 77.9 Å². The molecular formula is C24H22N2O3. The first-order valence-electron chi connectivity index (χ1n) is 9.88. The third-order valence-corrected chi connectivity index (χ3v) is 5.36. The topological polar surface area (TPSA) is 54.7 Å². The van der Waals surface area contributed by atoms with E-state index in [1.165, 1.54) is 5.56 Å². The van der Waals surface area contributed by atoms with Crippen LogP contribution in [0.3, 0.4) is 0 Å². The average Bonchev–Trinajstić information content (AvgIpc) is 3.13. The Bertz CT molecular complexity index is 1160. The van der Waals surface area contributed by atoms with Crippen molar-refractivity contribution in [3.63, 3.8) is 0 Å². The molecule has 3 aromatic carbocycles. The van der Waals surface area contributed by atoms with Crippen LogP contribution in [0.5, 0.6) is 0 Å². The van der Waals surface area contributed by atoms with Gasteiger partial charge in [-0.25, -0.2) is 0 Å². The largest absolute Gasteiger partial charge is 0.456 e. The molecule has 1 N–H and O–H groups in total. The fourth-order valence-corrected chi connectivity index (χ4v) is 3.79. The molecule has 0 saturated carbocycles. The first-order valence-corrected chi connectivity index (χ1v) is 9.88. The van der Waals surface area contributed by atoms with E-state index in [9.17, 15) is 4.79 Å². The predicted molar refractivity (Wildman–Crippen MR) is 114 cm³/mol. The van der Waals surface area contributed by atoms with E-state index in [2.05, 4.69) is 10.2 Å². The molecule has 0 radical (unpaired) electrons. The highest BCUT2D eigenvalue weighted by Crippen LogP contribution is 2.30. The molecule has 0 atom stereocenters. The van der Waals surface area contributed by atoms with Crippen LogP contribution in [0.2, 0.25) is 0 Å². The van der Waals surface area contributed by atoms with E-state index in [1.54, 1.807) is 0 Å². The van der Waals surface area contributed by atoms with E-state index in [0.717, 1.165) is 60.5 Å². The standard InChI is InChI=1S/C24H22N2O3/c27-24(18-7-5-17(6-8-18)16-26-11-13-28-14-12-26)25-19-9-10-21-20-3-1-2-4-22(20)29-23(21)15-19/h1-10,15H,11-14,16H2,(H,25,27). The third-order valence-electron chi connectivity index (χ3n) is 5.36. The van der Waals surface area contributed by atoms with Gasteiger partial charge in [-0.3, -0.25) is 9.69 Å². The molecule has 1 amide bonds. The van der Waals surface area contributed by atoms with Gasteiger partial charge in [-0.2, -0.15) is 0 Å². The van der Waals surface area contributed by atoms with Crippen molar-refractivity contribution in [2.45, 2.75) is 6.54 Å². The Hall–Kier alpha value is -3.15. The van der Waals surface area contributed by atoms with Crippen LogP contribution in [0.4, 0.5) is 5.69 Å². The second-order valence-corrected chi connectivity index (χ2v) is 7.35. The fourth-order valence-electron chi connectivity index (χ4n) is 3.79. The molecule has 1 aliphatic rings. The highest BCUT2D eigenvalue weighted by atomic mass is 16.5. The zero-order chi connectivity index (χ0) is 19.6. The van der Waals surface area contributed by atoms with E-state index in [4.69, 9.17) is 9.15 Å². The van der Waals surface area contributed by atoms with Crippen LogP contribution < -0.4 is 5.32 Å². The molecule has 5 rings (SSSR count). The predicted octanol–water partition coefficient (Wildman–Crippen LogP) is 4.67. The first-order chi connectivity index (χ1) is 14.3. The Morgan fingerprint density at radius 3 is 2.48 bits per heavy atom. The number of benzene rings is 3. The number of carbonyl (C=O) groups is 1. The van der Waals surface area contributed by atoms with Crippen LogP contribution in [0, 0.1) is 0 Å². The summed E-state index contributed by atoms with van der Waals surface area (Å²) in [7, 11) is 0. The fraction of sp³-hybridized carbons (Fsp3) is 0.208. The molecule has 146 valence electrons. The van der Waals surface area contributed by atoms with Gasteiger partial charge in [0.1, 0.15) is 11.2 Å². The van der Waals surface area contributed by atoms with Crippen molar-refractivity contribution >= 4 is 33.5 Å². The highest BCUT2D eigenvalue weighted by Gasteiger charge is 2.12. The molecule has 1 fully saturated rings. The van der Waals surface area contributed by atoms with Gasteiger partial charge < -0.3 is 14.5 Å². The summed E-state index contributed by atoms with van der Waals surface area (Å²) in [5.41, 5.74) is 4.18.